The second kappa shape index (κ2) is 10.3. The zero-order chi connectivity index (χ0) is 23.5. The van der Waals surface area contributed by atoms with Crippen molar-refractivity contribution in [1.29, 1.82) is 0 Å². The molecule has 4 rings (SSSR count). The van der Waals surface area contributed by atoms with Crippen LogP contribution in [0.4, 0.5) is 0 Å². The van der Waals surface area contributed by atoms with Crippen LogP contribution in [-0.4, -0.2) is 82.8 Å². The van der Waals surface area contributed by atoms with Crippen molar-refractivity contribution in [3.63, 3.8) is 0 Å². The van der Waals surface area contributed by atoms with Crippen molar-refractivity contribution in [2.75, 3.05) is 6.61 Å². The van der Waals surface area contributed by atoms with Crippen LogP contribution in [0.5, 0.6) is 0 Å². The maximum Gasteiger partial charge on any atom is 0.397 e. The Balaban J connectivity index is 0.00000306. The van der Waals surface area contributed by atoms with Gasteiger partial charge in [0.05, 0.1) is 24.9 Å². The fourth-order valence-electron chi connectivity index (χ4n) is 8.90. The SMILES string of the molecule is C[C@H](CCCOS(=O)(=O)O)[C@H]1CC[C@H]2[C@@H]3[C@H](O)C[C@@H]4C[C@H](O)CC[C@]4(C)[C@H]3C[C@H](O)[C@]12C.[Na]. The average molecular weight is 498 g/mol. The van der Waals surface area contributed by atoms with Gasteiger partial charge < -0.3 is 15.3 Å². The Morgan fingerprint density at radius 1 is 1.03 bits per heavy atom. The molecule has 0 spiro atoms. The fraction of sp³-hybridized carbons (Fsp3) is 1.00. The number of fused-ring (bicyclic) bond motifs is 5. The molecule has 0 aromatic heterocycles. The molecule has 4 N–H and O–H groups in total. The summed E-state index contributed by atoms with van der Waals surface area (Å²) in [6.07, 6.45) is 6.26. The largest absolute Gasteiger partial charge is 0.397 e. The zero-order valence-corrected chi connectivity index (χ0v) is 23.5. The van der Waals surface area contributed by atoms with E-state index in [1.54, 1.807) is 0 Å². The molecule has 0 aromatic rings. The van der Waals surface area contributed by atoms with Crippen LogP contribution < -0.4 is 0 Å². The molecule has 4 fully saturated rings. The van der Waals surface area contributed by atoms with Crippen molar-refractivity contribution in [2.45, 2.75) is 96.9 Å². The molecule has 7 nitrogen and oxygen atoms in total. The van der Waals surface area contributed by atoms with E-state index in [1.807, 2.05) is 0 Å². The summed E-state index contributed by atoms with van der Waals surface area (Å²) in [4.78, 5) is 0. The van der Waals surface area contributed by atoms with Crippen LogP contribution in [-0.2, 0) is 14.6 Å². The normalized spacial score (nSPS) is 48.2. The van der Waals surface area contributed by atoms with Gasteiger partial charge in [0.15, 0.2) is 0 Å². The molecule has 9 heteroatoms. The minimum absolute atomic E-state index is 0. The Kier molecular flexibility index (Phi) is 8.80. The summed E-state index contributed by atoms with van der Waals surface area (Å²) in [5.74, 6) is 1.67. The smallest absolute Gasteiger partial charge is 0.393 e. The van der Waals surface area contributed by atoms with E-state index in [0.29, 0.717) is 24.7 Å². The van der Waals surface area contributed by atoms with Crippen LogP contribution >= 0.6 is 0 Å². The number of rotatable bonds is 6. The van der Waals surface area contributed by atoms with E-state index in [0.717, 1.165) is 44.9 Å². The van der Waals surface area contributed by atoms with E-state index < -0.39 is 16.5 Å². The average Bonchev–Trinajstić information content (AvgIpc) is 3.05. The van der Waals surface area contributed by atoms with Crippen LogP contribution in [0.15, 0.2) is 0 Å². The second-order valence-electron chi connectivity index (χ2n) is 11.9. The molecule has 4 aliphatic rings. The van der Waals surface area contributed by atoms with Gasteiger partial charge in [0, 0.05) is 29.6 Å². The minimum Gasteiger partial charge on any atom is -0.393 e. The number of aliphatic hydroxyl groups is 3. The zero-order valence-electron chi connectivity index (χ0n) is 20.7. The molecular formula is C24H42NaO7S. The third kappa shape index (κ3) is 5.12. The maximum absolute atomic E-state index is 11.6. The molecule has 11 atom stereocenters. The third-order valence-electron chi connectivity index (χ3n) is 10.6. The maximum atomic E-state index is 11.6. The molecule has 1 radical (unpaired) electrons. The van der Waals surface area contributed by atoms with E-state index >= 15 is 0 Å². The molecule has 0 aromatic carbocycles. The minimum atomic E-state index is -4.40. The first-order chi connectivity index (χ1) is 14.9. The standard InChI is InChI=1S/C24H42O7S.Na/c1-14(5-4-10-31-32(28,29)30)17-6-7-18-22-19(13-21(27)24(17,18)3)23(2)9-8-16(25)11-15(23)12-20(22)26;/h14-22,25-27H,4-13H2,1-3H3,(H,28,29,30);/t14-,15+,16-,17-,18+,19+,20-,21+,22+,23+,24-;/m1./s1. The van der Waals surface area contributed by atoms with Crippen molar-refractivity contribution in [3.05, 3.63) is 0 Å². The topological polar surface area (TPSA) is 124 Å². The molecule has 0 aliphatic heterocycles. The number of aliphatic hydroxyl groups excluding tert-OH is 3. The first-order valence-corrected chi connectivity index (χ1v) is 13.9. The van der Waals surface area contributed by atoms with Gasteiger partial charge in [-0.25, -0.2) is 4.18 Å². The summed E-state index contributed by atoms with van der Waals surface area (Å²) in [7, 11) is -4.40. The summed E-state index contributed by atoms with van der Waals surface area (Å²) in [5, 5.41) is 33.1. The van der Waals surface area contributed by atoms with E-state index in [9.17, 15) is 23.7 Å². The molecule has 4 aliphatic carbocycles. The van der Waals surface area contributed by atoms with Crippen LogP contribution in [0, 0.1) is 46.3 Å². The second-order valence-corrected chi connectivity index (χ2v) is 13.0. The van der Waals surface area contributed by atoms with Gasteiger partial charge in [0.2, 0.25) is 0 Å². The van der Waals surface area contributed by atoms with Gasteiger partial charge in [-0.05, 0) is 104 Å². The molecule has 33 heavy (non-hydrogen) atoms. The summed E-state index contributed by atoms with van der Waals surface area (Å²) >= 11 is 0. The Labute approximate surface area is 221 Å². The van der Waals surface area contributed by atoms with E-state index in [2.05, 4.69) is 25.0 Å². The Morgan fingerprint density at radius 3 is 2.39 bits per heavy atom. The quantitative estimate of drug-likeness (QED) is 0.253. The van der Waals surface area contributed by atoms with Crippen LogP contribution in [0.3, 0.4) is 0 Å². The van der Waals surface area contributed by atoms with E-state index in [4.69, 9.17) is 4.55 Å². The molecular weight excluding hydrogens is 455 g/mol. The summed E-state index contributed by atoms with van der Waals surface area (Å²) in [6, 6.07) is 0. The summed E-state index contributed by atoms with van der Waals surface area (Å²) in [5.41, 5.74) is -0.189. The van der Waals surface area contributed by atoms with Gasteiger partial charge >= 0.3 is 10.4 Å². The molecule has 0 heterocycles. The monoisotopic (exact) mass is 497 g/mol. The molecule has 187 valence electrons. The van der Waals surface area contributed by atoms with Crippen molar-refractivity contribution in [2.24, 2.45) is 46.3 Å². The van der Waals surface area contributed by atoms with Crippen molar-refractivity contribution < 1.29 is 32.5 Å². The van der Waals surface area contributed by atoms with Crippen LogP contribution in [0.2, 0.25) is 0 Å². The first-order valence-electron chi connectivity index (χ1n) is 12.5. The van der Waals surface area contributed by atoms with E-state index in [-0.39, 0.29) is 82.9 Å². The van der Waals surface area contributed by atoms with Gasteiger partial charge in [-0.15, -0.1) is 0 Å². The third-order valence-corrected chi connectivity index (χ3v) is 11.0. The number of hydrogen-bond acceptors (Lipinski definition) is 6. The predicted octanol–water partition coefficient (Wildman–Crippen LogP) is 2.80. The van der Waals surface area contributed by atoms with Gasteiger partial charge in [-0.1, -0.05) is 20.8 Å². The Morgan fingerprint density at radius 2 is 1.73 bits per heavy atom. The predicted molar refractivity (Wildman–Crippen MR) is 126 cm³/mol. The summed E-state index contributed by atoms with van der Waals surface area (Å²) < 4.78 is 34.8. The molecule has 0 saturated heterocycles. The van der Waals surface area contributed by atoms with Crippen molar-refractivity contribution in [3.8, 4) is 0 Å². The Bertz CT molecular complexity index is 794. The summed E-state index contributed by atoms with van der Waals surface area (Å²) in [6.45, 7) is 6.69. The van der Waals surface area contributed by atoms with Gasteiger partial charge in [-0.3, -0.25) is 4.55 Å². The molecule has 0 unspecified atom stereocenters. The van der Waals surface area contributed by atoms with Gasteiger partial charge in [0.25, 0.3) is 0 Å². The molecule has 4 saturated carbocycles. The van der Waals surface area contributed by atoms with Gasteiger partial charge in [-0.2, -0.15) is 8.42 Å². The molecule has 0 bridgehead atoms. The molecule has 0 amide bonds. The van der Waals surface area contributed by atoms with Crippen LogP contribution in [0.25, 0.3) is 0 Å². The van der Waals surface area contributed by atoms with Crippen molar-refractivity contribution in [1.82, 2.24) is 0 Å². The fourth-order valence-corrected chi connectivity index (χ4v) is 9.23. The van der Waals surface area contributed by atoms with Crippen LogP contribution in [0.1, 0.15) is 78.6 Å². The van der Waals surface area contributed by atoms with E-state index in [1.165, 1.54) is 0 Å². The Hall–Kier alpha value is 0.750. The van der Waals surface area contributed by atoms with Crippen molar-refractivity contribution >= 4 is 40.0 Å². The van der Waals surface area contributed by atoms with Gasteiger partial charge in [0.1, 0.15) is 0 Å². The first kappa shape index (κ1) is 28.3. The number of hydrogen-bond donors (Lipinski definition) is 4.